The summed E-state index contributed by atoms with van der Waals surface area (Å²) in [6.45, 7) is 4.91. The average molecular weight is 211 g/mol. The van der Waals surface area contributed by atoms with Crippen molar-refractivity contribution in [2.75, 3.05) is 18.9 Å². The number of anilines is 1. The van der Waals surface area contributed by atoms with E-state index in [1.165, 1.54) is 0 Å². The number of rotatable bonds is 5. The third kappa shape index (κ3) is 3.23. The van der Waals surface area contributed by atoms with E-state index in [4.69, 9.17) is 0 Å². The van der Waals surface area contributed by atoms with E-state index in [0.29, 0.717) is 13.1 Å². The summed E-state index contributed by atoms with van der Waals surface area (Å²) in [6, 6.07) is 0. The van der Waals surface area contributed by atoms with Crippen molar-refractivity contribution in [3.63, 3.8) is 0 Å². The summed E-state index contributed by atoms with van der Waals surface area (Å²) in [4.78, 5) is 11.3. The van der Waals surface area contributed by atoms with Gasteiger partial charge >= 0.3 is 0 Å². The second kappa shape index (κ2) is 5.33. The summed E-state index contributed by atoms with van der Waals surface area (Å²) in [6.07, 6.45) is 1.64. The molecule has 0 spiro atoms. The summed E-state index contributed by atoms with van der Waals surface area (Å²) in [7, 11) is 1.81. The van der Waals surface area contributed by atoms with E-state index in [2.05, 4.69) is 20.9 Å². The molecule has 1 rings (SSSR count). The zero-order valence-corrected chi connectivity index (χ0v) is 9.32. The highest BCUT2D eigenvalue weighted by Crippen LogP contribution is 2.00. The second-order valence-corrected chi connectivity index (χ2v) is 3.54. The van der Waals surface area contributed by atoms with Gasteiger partial charge in [-0.25, -0.2) is 4.68 Å². The molecule has 0 radical (unpaired) electrons. The Kier molecular flexibility index (Phi) is 4.08. The molecule has 0 unspecified atom stereocenters. The van der Waals surface area contributed by atoms with Crippen LogP contribution in [0, 0.1) is 5.92 Å². The Morgan fingerprint density at radius 3 is 2.93 bits per heavy atom. The van der Waals surface area contributed by atoms with E-state index in [0.717, 1.165) is 5.82 Å². The van der Waals surface area contributed by atoms with Gasteiger partial charge in [0.1, 0.15) is 5.82 Å². The highest BCUT2D eigenvalue weighted by molar-refractivity contribution is 5.77. The first-order valence-corrected chi connectivity index (χ1v) is 4.99. The van der Waals surface area contributed by atoms with Crippen LogP contribution in [0.15, 0.2) is 6.20 Å². The number of hydrogen-bond donors (Lipinski definition) is 2. The van der Waals surface area contributed by atoms with E-state index in [-0.39, 0.29) is 11.8 Å². The maximum Gasteiger partial charge on any atom is 0.222 e. The molecule has 0 aromatic carbocycles. The maximum absolute atomic E-state index is 11.3. The molecular formula is C9H17N5O. The third-order valence-electron chi connectivity index (χ3n) is 2.02. The second-order valence-electron chi connectivity index (χ2n) is 3.54. The lowest BCUT2D eigenvalue weighted by Gasteiger charge is -2.08. The molecule has 0 saturated heterocycles. The predicted molar refractivity (Wildman–Crippen MR) is 57.4 cm³/mol. The SMILES string of the molecule is CNc1cnnn1CCNC(=O)C(C)C. The Balaban J connectivity index is 2.35. The molecule has 2 N–H and O–H groups in total. The van der Waals surface area contributed by atoms with Crippen molar-refractivity contribution < 1.29 is 4.79 Å². The van der Waals surface area contributed by atoms with Crippen LogP contribution in [0.5, 0.6) is 0 Å². The summed E-state index contributed by atoms with van der Waals surface area (Å²) < 4.78 is 1.71. The number of hydrogen-bond acceptors (Lipinski definition) is 4. The van der Waals surface area contributed by atoms with Crippen molar-refractivity contribution in [2.45, 2.75) is 20.4 Å². The van der Waals surface area contributed by atoms with Crippen LogP contribution in [-0.2, 0) is 11.3 Å². The van der Waals surface area contributed by atoms with Crippen molar-refractivity contribution >= 4 is 11.7 Å². The number of nitrogens with one attached hydrogen (secondary N) is 2. The van der Waals surface area contributed by atoms with Crippen molar-refractivity contribution in [3.8, 4) is 0 Å². The lowest BCUT2D eigenvalue weighted by atomic mass is 10.2. The molecule has 6 nitrogen and oxygen atoms in total. The standard InChI is InChI=1S/C9H17N5O/c1-7(2)9(15)11-4-5-14-8(10-3)6-12-13-14/h6-7,10H,4-5H2,1-3H3,(H,11,15). The fraction of sp³-hybridized carbons (Fsp3) is 0.667. The molecule has 15 heavy (non-hydrogen) atoms. The topological polar surface area (TPSA) is 71.8 Å². The average Bonchev–Trinajstić information content (AvgIpc) is 2.65. The monoisotopic (exact) mass is 211 g/mol. The Morgan fingerprint density at radius 1 is 1.60 bits per heavy atom. The molecule has 0 bridgehead atoms. The predicted octanol–water partition coefficient (Wildman–Crippen LogP) is 0.0920. The normalized spacial score (nSPS) is 10.4. The smallest absolute Gasteiger partial charge is 0.222 e. The molecule has 1 aromatic heterocycles. The lowest BCUT2D eigenvalue weighted by molar-refractivity contribution is -0.124. The molecule has 1 aromatic rings. The van der Waals surface area contributed by atoms with Gasteiger partial charge in [0.05, 0.1) is 12.7 Å². The first-order valence-electron chi connectivity index (χ1n) is 4.99. The van der Waals surface area contributed by atoms with Crippen molar-refractivity contribution in [1.29, 1.82) is 0 Å². The van der Waals surface area contributed by atoms with E-state index in [1.54, 1.807) is 10.9 Å². The number of carbonyl (C=O) groups is 1. The number of nitrogens with zero attached hydrogens (tertiary/aromatic N) is 3. The van der Waals surface area contributed by atoms with Gasteiger partial charge in [-0.3, -0.25) is 4.79 Å². The minimum Gasteiger partial charge on any atom is -0.372 e. The van der Waals surface area contributed by atoms with Gasteiger partial charge in [-0.2, -0.15) is 0 Å². The van der Waals surface area contributed by atoms with Crippen LogP contribution in [0.1, 0.15) is 13.8 Å². The third-order valence-corrected chi connectivity index (χ3v) is 2.02. The van der Waals surface area contributed by atoms with Gasteiger partial charge < -0.3 is 10.6 Å². The van der Waals surface area contributed by atoms with E-state index < -0.39 is 0 Å². The molecule has 0 fully saturated rings. The van der Waals surface area contributed by atoms with Gasteiger partial charge in [-0.15, -0.1) is 5.10 Å². The molecule has 0 saturated carbocycles. The first kappa shape index (κ1) is 11.5. The Hall–Kier alpha value is -1.59. The van der Waals surface area contributed by atoms with Crippen LogP contribution >= 0.6 is 0 Å². The summed E-state index contributed by atoms with van der Waals surface area (Å²) in [5.74, 6) is 0.916. The number of aromatic nitrogens is 3. The highest BCUT2D eigenvalue weighted by atomic mass is 16.1. The molecule has 0 aliphatic carbocycles. The number of carbonyl (C=O) groups excluding carboxylic acids is 1. The fourth-order valence-electron chi connectivity index (χ4n) is 1.11. The molecule has 6 heteroatoms. The quantitative estimate of drug-likeness (QED) is 0.724. The van der Waals surface area contributed by atoms with Gasteiger partial charge in [0.2, 0.25) is 5.91 Å². The van der Waals surface area contributed by atoms with Crippen LogP contribution in [0.2, 0.25) is 0 Å². The highest BCUT2D eigenvalue weighted by Gasteiger charge is 2.06. The van der Waals surface area contributed by atoms with Gasteiger partial charge in [0.25, 0.3) is 0 Å². The molecule has 0 aliphatic heterocycles. The number of amides is 1. The van der Waals surface area contributed by atoms with E-state index >= 15 is 0 Å². The van der Waals surface area contributed by atoms with Crippen LogP contribution in [-0.4, -0.2) is 34.5 Å². The van der Waals surface area contributed by atoms with Gasteiger partial charge in [0.15, 0.2) is 0 Å². The zero-order valence-electron chi connectivity index (χ0n) is 9.32. The van der Waals surface area contributed by atoms with Crippen LogP contribution in [0.25, 0.3) is 0 Å². The van der Waals surface area contributed by atoms with Gasteiger partial charge in [-0.1, -0.05) is 19.1 Å². The largest absolute Gasteiger partial charge is 0.372 e. The van der Waals surface area contributed by atoms with Crippen molar-refractivity contribution in [3.05, 3.63) is 6.20 Å². The summed E-state index contributed by atoms with van der Waals surface area (Å²) in [5, 5.41) is 13.4. The van der Waals surface area contributed by atoms with Crippen LogP contribution in [0.3, 0.4) is 0 Å². The molecule has 1 amide bonds. The molecular weight excluding hydrogens is 194 g/mol. The molecule has 0 aliphatic rings. The first-order chi connectivity index (χ1) is 7.15. The molecule has 84 valence electrons. The van der Waals surface area contributed by atoms with E-state index in [9.17, 15) is 4.79 Å². The maximum atomic E-state index is 11.3. The van der Waals surface area contributed by atoms with Crippen LogP contribution in [0.4, 0.5) is 5.82 Å². The minimum absolute atomic E-state index is 0.0181. The summed E-state index contributed by atoms with van der Waals surface area (Å²) >= 11 is 0. The molecule has 1 heterocycles. The zero-order chi connectivity index (χ0) is 11.3. The molecule has 0 atom stereocenters. The van der Waals surface area contributed by atoms with E-state index in [1.807, 2.05) is 20.9 Å². The lowest BCUT2D eigenvalue weighted by Crippen LogP contribution is -2.31. The Labute approximate surface area is 89.0 Å². The Morgan fingerprint density at radius 2 is 2.33 bits per heavy atom. The minimum atomic E-state index is 0.0181. The van der Waals surface area contributed by atoms with Crippen LogP contribution < -0.4 is 10.6 Å². The van der Waals surface area contributed by atoms with Crippen molar-refractivity contribution in [2.24, 2.45) is 5.92 Å². The van der Waals surface area contributed by atoms with Crippen molar-refractivity contribution in [1.82, 2.24) is 20.3 Å². The van der Waals surface area contributed by atoms with Gasteiger partial charge in [-0.05, 0) is 0 Å². The Bertz CT molecular complexity index is 320. The fourth-order valence-corrected chi connectivity index (χ4v) is 1.11. The van der Waals surface area contributed by atoms with Gasteiger partial charge in [0, 0.05) is 19.5 Å². The summed E-state index contributed by atoms with van der Waals surface area (Å²) in [5.41, 5.74) is 0.